The van der Waals surface area contributed by atoms with E-state index >= 15 is 0 Å². The van der Waals surface area contributed by atoms with Crippen LogP contribution < -0.4 is 15.8 Å². The number of benzene rings is 2. The highest BCUT2D eigenvalue weighted by Gasteiger charge is 2.15. The van der Waals surface area contributed by atoms with Gasteiger partial charge < -0.3 is 15.8 Å². The maximum atomic E-state index is 13.7. The van der Waals surface area contributed by atoms with Gasteiger partial charge >= 0.3 is 5.97 Å². The lowest BCUT2D eigenvalue weighted by molar-refractivity contribution is -0.117. The van der Waals surface area contributed by atoms with Crippen LogP contribution in [0.3, 0.4) is 0 Å². The predicted molar refractivity (Wildman–Crippen MR) is 87.0 cm³/mol. The molecule has 0 aliphatic carbocycles. The van der Waals surface area contributed by atoms with E-state index in [-0.39, 0.29) is 23.4 Å². The molecule has 0 atom stereocenters. The minimum Gasteiger partial charge on any atom is -0.423 e. The fourth-order valence-electron chi connectivity index (χ4n) is 1.79. The van der Waals surface area contributed by atoms with Gasteiger partial charge in [-0.05, 0) is 36.4 Å². The average molecular weight is 395 g/mol. The summed E-state index contributed by atoms with van der Waals surface area (Å²) < 4.78 is 19.3. The second-order valence-corrected chi connectivity index (χ2v) is 5.61. The highest BCUT2D eigenvalue weighted by Crippen LogP contribution is 2.19. The van der Waals surface area contributed by atoms with Gasteiger partial charge in [0.05, 0.1) is 12.1 Å². The normalized spacial score (nSPS) is 10.1. The van der Waals surface area contributed by atoms with Crippen LogP contribution >= 0.6 is 15.9 Å². The number of carbonyl (C=O) groups is 3. The van der Waals surface area contributed by atoms with Crippen molar-refractivity contribution in [2.45, 2.75) is 0 Å². The first-order chi connectivity index (χ1) is 11.4. The van der Waals surface area contributed by atoms with E-state index in [9.17, 15) is 18.8 Å². The number of nitrogens with two attached hydrogens (primary N) is 1. The Morgan fingerprint density at radius 3 is 2.58 bits per heavy atom. The number of ether oxygens (including phenoxy) is 1. The van der Waals surface area contributed by atoms with Crippen molar-refractivity contribution in [1.29, 1.82) is 0 Å². The summed E-state index contributed by atoms with van der Waals surface area (Å²) in [5, 5.41) is 2.31. The third-order valence-electron chi connectivity index (χ3n) is 2.88. The number of amides is 2. The number of carbonyl (C=O) groups excluding carboxylic acids is 3. The number of rotatable bonds is 5. The van der Waals surface area contributed by atoms with Crippen LogP contribution in [0.15, 0.2) is 46.9 Å². The number of esters is 1. The zero-order valence-electron chi connectivity index (χ0n) is 12.2. The third-order valence-corrected chi connectivity index (χ3v) is 3.37. The molecule has 0 aromatic heterocycles. The summed E-state index contributed by atoms with van der Waals surface area (Å²) >= 11 is 3.09. The molecule has 0 spiro atoms. The Hall–Kier alpha value is -2.74. The van der Waals surface area contributed by atoms with E-state index in [0.717, 1.165) is 6.07 Å². The van der Waals surface area contributed by atoms with E-state index in [1.165, 1.54) is 36.4 Å². The van der Waals surface area contributed by atoms with Crippen molar-refractivity contribution in [2.75, 3.05) is 6.54 Å². The van der Waals surface area contributed by atoms with Crippen molar-refractivity contribution in [2.24, 2.45) is 5.73 Å². The first kappa shape index (κ1) is 17.6. The Morgan fingerprint density at radius 1 is 1.17 bits per heavy atom. The van der Waals surface area contributed by atoms with Gasteiger partial charge in [-0.3, -0.25) is 9.59 Å². The van der Waals surface area contributed by atoms with E-state index in [1.54, 1.807) is 0 Å². The molecule has 0 fully saturated rings. The summed E-state index contributed by atoms with van der Waals surface area (Å²) in [7, 11) is 0. The summed E-state index contributed by atoms with van der Waals surface area (Å²) in [6.45, 7) is -0.313. The van der Waals surface area contributed by atoms with Crippen molar-refractivity contribution < 1.29 is 23.5 Å². The second-order valence-electron chi connectivity index (χ2n) is 4.69. The van der Waals surface area contributed by atoms with Gasteiger partial charge in [0, 0.05) is 10.0 Å². The topological polar surface area (TPSA) is 98.5 Å². The molecular formula is C16H12BrFN2O4. The summed E-state index contributed by atoms with van der Waals surface area (Å²) in [6.07, 6.45) is 0. The number of halogens is 2. The van der Waals surface area contributed by atoms with Crippen LogP contribution in [-0.2, 0) is 4.79 Å². The highest BCUT2D eigenvalue weighted by atomic mass is 79.9. The molecule has 0 saturated carbocycles. The zero-order chi connectivity index (χ0) is 17.7. The standard InChI is InChI=1S/C16H12BrFN2O4/c17-10-4-5-12(13(18)7-10)16(23)24-11-3-1-2-9(6-11)15(22)20-8-14(19)21/h1-7H,8H2,(H2,19,21)(H,20,22). The molecule has 0 bridgehead atoms. The Morgan fingerprint density at radius 2 is 1.92 bits per heavy atom. The summed E-state index contributed by atoms with van der Waals surface area (Å²) in [4.78, 5) is 34.5. The molecule has 0 unspecified atom stereocenters. The van der Waals surface area contributed by atoms with Crippen LogP contribution in [0.1, 0.15) is 20.7 Å². The number of hydrogen-bond acceptors (Lipinski definition) is 4. The fourth-order valence-corrected chi connectivity index (χ4v) is 2.12. The van der Waals surface area contributed by atoms with Gasteiger partial charge in [0.1, 0.15) is 11.6 Å². The maximum absolute atomic E-state index is 13.7. The van der Waals surface area contributed by atoms with Gasteiger partial charge in [-0.25, -0.2) is 9.18 Å². The van der Waals surface area contributed by atoms with E-state index in [1.807, 2.05) is 0 Å². The Balaban J connectivity index is 2.12. The molecule has 8 heteroatoms. The molecule has 0 aliphatic rings. The van der Waals surface area contributed by atoms with E-state index in [0.29, 0.717) is 4.47 Å². The lowest BCUT2D eigenvalue weighted by Gasteiger charge is -2.07. The average Bonchev–Trinajstić information content (AvgIpc) is 2.52. The van der Waals surface area contributed by atoms with Gasteiger partial charge in [-0.15, -0.1) is 0 Å². The largest absolute Gasteiger partial charge is 0.423 e. The zero-order valence-corrected chi connectivity index (χ0v) is 13.8. The summed E-state index contributed by atoms with van der Waals surface area (Å²) in [6, 6.07) is 9.63. The Labute approximate surface area is 144 Å². The molecule has 6 nitrogen and oxygen atoms in total. The van der Waals surface area contributed by atoms with Crippen molar-refractivity contribution in [1.82, 2.24) is 5.32 Å². The molecule has 0 aliphatic heterocycles. The fraction of sp³-hybridized carbons (Fsp3) is 0.0625. The maximum Gasteiger partial charge on any atom is 0.346 e. The highest BCUT2D eigenvalue weighted by molar-refractivity contribution is 9.10. The Kier molecular flexibility index (Phi) is 5.64. The molecule has 0 saturated heterocycles. The molecule has 24 heavy (non-hydrogen) atoms. The van der Waals surface area contributed by atoms with Crippen LogP contribution in [0, 0.1) is 5.82 Å². The molecular weight excluding hydrogens is 383 g/mol. The lowest BCUT2D eigenvalue weighted by atomic mass is 10.2. The van der Waals surface area contributed by atoms with Crippen LogP contribution in [0.2, 0.25) is 0 Å². The molecule has 2 rings (SSSR count). The first-order valence-electron chi connectivity index (χ1n) is 6.70. The quantitative estimate of drug-likeness (QED) is 0.598. The number of hydrogen-bond donors (Lipinski definition) is 2. The van der Waals surface area contributed by atoms with Crippen LogP contribution in [0.5, 0.6) is 5.75 Å². The minimum atomic E-state index is -0.894. The third kappa shape index (κ3) is 4.63. The van der Waals surface area contributed by atoms with Gasteiger partial charge in [0.15, 0.2) is 0 Å². The molecule has 2 aromatic carbocycles. The second kappa shape index (κ2) is 7.69. The number of primary amides is 1. The lowest BCUT2D eigenvalue weighted by Crippen LogP contribution is -2.33. The van der Waals surface area contributed by atoms with E-state index < -0.39 is 23.6 Å². The minimum absolute atomic E-state index is 0.0639. The molecule has 0 heterocycles. The smallest absolute Gasteiger partial charge is 0.346 e. The van der Waals surface area contributed by atoms with Gasteiger partial charge in [0.2, 0.25) is 5.91 Å². The van der Waals surface area contributed by atoms with Crippen LogP contribution in [0.4, 0.5) is 4.39 Å². The molecule has 0 radical (unpaired) electrons. The summed E-state index contributed by atoms with van der Waals surface area (Å²) in [5.74, 6) is -2.80. The van der Waals surface area contributed by atoms with Gasteiger partial charge in [-0.1, -0.05) is 22.0 Å². The molecule has 2 amide bonds. The van der Waals surface area contributed by atoms with Gasteiger partial charge in [-0.2, -0.15) is 0 Å². The van der Waals surface area contributed by atoms with Crippen molar-refractivity contribution >= 4 is 33.7 Å². The predicted octanol–water partition coefficient (Wildman–Crippen LogP) is 2.02. The summed E-state index contributed by atoms with van der Waals surface area (Å²) in [5.41, 5.74) is 4.87. The van der Waals surface area contributed by atoms with Gasteiger partial charge in [0.25, 0.3) is 5.91 Å². The molecule has 124 valence electrons. The van der Waals surface area contributed by atoms with Crippen molar-refractivity contribution in [3.8, 4) is 5.75 Å². The van der Waals surface area contributed by atoms with E-state index in [4.69, 9.17) is 10.5 Å². The van der Waals surface area contributed by atoms with E-state index in [2.05, 4.69) is 21.2 Å². The monoisotopic (exact) mass is 394 g/mol. The van der Waals surface area contributed by atoms with Crippen molar-refractivity contribution in [3.63, 3.8) is 0 Å². The number of nitrogens with one attached hydrogen (secondary N) is 1. The molecule has 2 aromatic rings. The SMILES string of the molecule is NC(=O)CNC(=O)c1cccc(OC(=O)c2ccc(Br)cc2F)c1. The van der Waals surface area contributed by atoms with Crippen LogP contribution in [-0.4, -0.2) is 24.3 Å². The first-order valence-corrected chi connectivity index (χ1v) is 7.50. The Bertz CT molecular complexity index is 810. The van der Waals surface area contributed by atoms with Crippen LogP contribution in [0.25, 0.3) is 0 Å². The molecule has 3 N–H and O–H groups in total. The van der Waals surface area contributed by atoms with Crippen molar-refractivity contribution in [3.05, 3.63) is 63.9 Å².